The Balaban J connectivity index is 2.07. The molecule has 0 saturated heterocycles. The van der Waals surface area contributed by atoms with Gasteiger partial charge in [0.2, 0.25) is 0 Å². The third-order valence-corrected chi connectivity index (χ3v) is 4.14. The van der Waals surface area contributed by atoms with Crippen LogP contribution >= 0.6 is 0 Å². The Morgan fingerprint density at radius 2 is 1.85 bits per heavy atom. The van der Waals surface area contributed by atoms with Gasteiger partial charge in [0, 0.05) is 11.8 Å². The fraction of sp³-hybridized carbons (Fsp3) is 0.533. The molecule has 2 N–H and O–H groups in total. The molecule has 0 radical (unpaired) electrons. The average Bonchev–Trinajstić information content (AvgIpc) is 2.38. The van der Waals surface area contributed by atoms with Crippen molar-refractivity contribution in [2.45, 2.75) is 39.2 Å². The van der Waals surface area contributed by atoms with E-state index in [1.54, 1.807) is 0 Å². The van der Waals surface area contributed by atoms with Gasteiger partial charge in [0.15, 0.2) is 11.6 Å². The molecule has 0 amide bonds. The van der Waals surface area contributed by atoms with Gasteiger partial charge in [-0.05, 0) is 37.2 Å². The van der Waals surface area contributed by atoms with Gasteiger partial charge in [-0.3, -0.25) is 0 Å². The van der Waals surface area contributed by atoms with Crippen molar-refractivity contribution in [3.63, 3.8) is 0 Å². The van der Waals surface area contributed by atoms with Crippen molar-refractivity contribution in [2.75, 3.05) is 5.73 Å². The number of halogens is 2. The van der Waals surface area contributed by atoms with Crippen LogP contribution in [0.15, 0.2) is 12.1 Å². The van der Waals surface area contributed by atoms with Crippen LogP contribution in [0.5, 0.6) is 0 Å². The lowest BCUT2D eigenvalue weighted by molar-refractivity contribution is 0.00885. The van der Waals surface area contributed by atoms with Gasteiger partial charge >= 0.3 is 5.97 Å². The van der Waals surface area contributed by atoms with Gasteiger partial charge < -0.3 is 10.5 Å². The monoisotopic (exact) mass is 283 g/mol. The number of hydrogen-bond acceptors (Lipinski definition) is 3. The van der Waals surface area contributed by atoms with E-state index in [4.69, 9.17) is 10.5 Å². The molecule has 2 rings (SSSR count). The number of nitrogens with two attached hydrogens (primary N) is 1. The van der Waals surface area contributed by atoms with E-state index in [1.807, 2.05) is 0 Å². The van der Waals surface area contributed by atoms with Crippen LogP contribution in [0.4, 0.5) is 14.5 Å². The molecular weight excluding hydrogens is 264 g/mol. The predicted molar refractivity (Wildman–Crippen MR) is 72.2 cm³/mol. The molecule has 20 heavy (non-hydrogen) atoms. The Labute approximate surface area is 117 Å². The lowest BCUT2D eigenvalue weighted by Gasteiger charge is -2.31. The zero-order chi connectivity index (χ0) is 14.9. The van der Waals surface area contributed by atoms with Crippen LogP contribution in [-0.4, -0.2) is 12.1 Å². The van der Waals surface area contributed by atoms with Crippen LogP contribution in [0, 0.1) is 23.5 Å². The van der Waals surface area contributed by atoms with E-state index >= 15 is 0 Å². The molecule has 1 aliphatic rings. The fourth-order valence-corrected chi connectivity index (χ4v) is 2.56. The number of anilines is 1. The summed E-state index contributed by atoms with van der Waals surface area (Å²) < 4.78 is 31.5. The van der Waals surface area contributed by atoms with E-state index in [-0.39, 0.29) is 17.4 Å². The first kappa shape index (κ1) is 14.8. The molecule has 0 aliphatic heterocycles. The highest BCUT2D eigenvalue weighted by molar-refractivity contribution is 5.95. The number of rotatable bonds is 2. The molecule has 1 aromatic carbocycles. The molecule has 110 valence electrons. The van der Waals surface area contributed by atoms with Gasteiger partial charge in [-0.2, -0.15) is 0 Å². The maximum absolute atomic E-state index is 13.2. The summed E-state index contributed by atoms with van der Waals surface area (Å²) >= 11 is 0. The van der Waals surface area contributed by atoms with Gasteiger partial charge in [-0.1, -0.05) is 13.8 Å². The topological polar surface area (TPSA) is 52.3 Å². The van der Waals surface area contributed by atoms with E-state index in [9.17, 15) is 13.6 Å². The normalized spacial score (nSPS) is 26.3. The van der Waals surface area contributed by atoms with Crippen molar-refractivity contribution < 1.29 is 18.3 Å². The summed E-state index contributed by atoms with van der Waals surface area (Å²) in [5, 5.41) is 0. The van der Waals surface area contributed by atoms with E-state index in [2.05, 4.69) is 13.8 Å². The number of nitrogen functional groups attached to an aromatic ring is 1. The number of benzene rings is 1. The summed E-state index contributed by atoms with van der Waals surface area (Å²) in [6.07, 6.45) is 2.39. The predicted octanol–water partition coefficient (Wildman–Crippen LogP) is 3.53. The molecule has 0 bridgehead atoms. The summed E-state index contributed by atoms with van der Waals surface area (Å²) in [5.74, 6) is -1.77. The number of ether oxygens (including phenoxy) is 1. The smallest absolute Gasteiger partial charge is 0.340 e. The average molecular weight is 283 g/mol. The second-order valence-corrected chi connectivity index (χ2v) is 5.65. The first-order valence-corrected chi connectivity index (χ1v) is 6.84. The second kappa shape index (κ2) is 5.77. The van der Waals surface area contributed by atoms with Gasteiger partial charge in [-0.15, -0.1) is 0 Å². The largest absolute Gasteiger partial charge is 0.459 e. The Bertz CT molecular complexity index is 519. The molecular formula is C15H19F2NO2. The molecule has 1 fully saturated rings. The Kier molecular flexibility index (Phi) is 4.26. The summed E-state index contributed by atoms with van der Waals surface area (Å²) in [7, 11) is 0. The SMILES string of the molecule is CC1CCC(OC(=O)c2cc(F)c(F)cc2N)CC1C. The van der Waals surface area contributed by atoms with Crippen LogP contribution in [-0.2, 0) is 4.74 Å². The molecule has 3 atom stereocenters. The highest BCUT2D eigenvalue weighted by Crippen LogP contribution is 2.31. The molecule has 5 heteroatoms. The van der Waals surface area contributed by atoms with E-state index in [0.717, 1.165) is 31.4 Å². The molecule has 1 saturated carbocycles. The Morgan fingerprint density at radius 1 is 1.20 bits per heavy atom. The second-order valence-electron chi connectivity index (χ2n) is 5.65. The minimum absolute atomic E-state index is 0.105. The van der Waals surface area contributed by atoms with Crippen molar-refractivity contribution in [2.24, 2.45) is 11.8 Å². The van der Waals surface area contributed by atoms with Crippen LogP contribution in [0.1, 0.15) is 43.5 Å². The summed E-state index contributed by atoms with van der Waals surface area (Å²) in [6, 6.07) is 1.60. The summed E-state index contributed by atoms with van der Waals surface area (Å²) in [5.41, 5.74) is 5.32. The molecule has 0 aromatic heterocycles. The number of carbonyl (C=O) groups excluding carboxylic acids is 1. The maximum atomic E-state index is 13.2. The fourth-order valence-electron chi connectivity index (χ4n) is 2.56. The zero-order valence-corrected chi connectivity index (χ0v) is 11.7. The third kappa shape index (κ3) is 3.08. The van der Waals surface area contributed by atoms with Crippen molar-refractivity contribution in [3.05, 3.63) is 29.3 Å². The Morgan fingerprint density at radius 3 is 2.50 bits per heavy atom. The highest BCUT2D eigenvalue weighted by Gasteiger charge is 2.28. The van der Waals surface area contributed by atoms with Gasteiger partial charge in [0.1, 0.15) is 6.10 Å². The number of carbonyl (C=O) groups is 1. The number of esters is 1. The standard InChI is InChI=1S/C15H19F2NO2/c1-8-3-4-10(5-9(8)2)20-15(19)11-6-12(16)13(17)7-14(11)18/h6-10H,3-5,18H2,1-2H3. The van der Waals surface area contributed by atoms with Crippen LogP contribution in [0.2, 0.25) is 0 Å². The molecule has 3 nitrogen and oxygen atoms in total. The summed E-state index contributed by atoms with van der Waals surface area (Å²) in [6.45, 7) is 4.30. The molecule has 3 unspecified atom stereocenters. The summed E-state index contributed by atoms with van der Waals surface area (Å²) in [4.78, 5) is 12.0. The molecule has 0 heterocycles. The van der Waals surface area contributed by atoms with Crippen molar-refractivity contribution >= 4 is 11.7 Å². The molecule has 0 spiro atoms. The quantitative estimate of drug-likeness (QED) is 0.667. The highest BCUT2D eigenvalue weighted by atomic mass is 19.2. The maximum Gasteiger partial charge on any atom is 0.340 e. The molecule has 1 aliphatic carbocycles. The zero-order valence-electron chi connectivity index (χ0n) is 11.7. The third-order valence-electron chi connectivity index (χ3n) is 4.14. The van der Waals surface area contributed by atoms with E-state index in [1.165, 1.54) is 0 Å². The number of hydrogen-bond donors (Lipinski definition) is 1. The first-order valence-electron chi connectivity index (χ1n) is 6.84. The Hall–Kier alpha value is -1.65. The van der Waals surface area contributed by atoms with Crippen molar-refractivity contribution in [1.29, 1.82) is 0 Å². The van der Waals surface area contributed by atoms with Crippen molar-refractivity contribution in [1.82, 2.24) is 0 Å². The molecule has 1 aromatic rings. The van der Waals surface area contributed by atoms with Crippen LogP contribution in [0.25, 0.3) is 0 Å². The van der Waals surface area contributed by atoms with Crippen LogP contribution < -0.4 is 5.73 Å². The lowest BCUT2D eigenvalue weighted by Crippen LogP contribution is -2.29. The lowest BCUT2D eigenvalue weighted by atomic mass is 9.80. The van der Waals surface area contributed by atoms with Crippen molar-refractivity contribution in [3.8, 4) is 0 Å². The van der Waals surface area contributed by atoms with Gasteiger partial charge in [-0.25, -0.2) is 13.6 Å². The minimum atomic E-state index is -1.10. The first-order chi connectivity index (χ1) is 9.38. The minimum Gasteiger partial charge on any atom is -0.459 e. The van der Waals surface area contributed by atoms with E-state index in [0.29, 0.717) is 11.8 Å². The van der Waals surface area contributed by atoms with E-state index < -0.39 is 17.6 Å². The van der Waals surface area contributed by atoms with Crippen LogP contribution in [0.3, 0.4) is 0 Å². The van der Waals surface area contributed by atoms with Gasteiger partial charge in [0.25, 0.3) is 0 Å². The van der Waals surface area contributed by atoms with Gasteiger partial charge in [0.05, 0.1) is 5.56 Å².